The van der Waals surface area contributed by atoms with E-state index in [1.807, 2.05) is 53.2 Å². The zero-order chi connectivity index (χ0) is 16.9. The van der Waals surface area contributed by atoms with E-state index in [1.54, 1.807) is 0 Å². The molecule has 1 aromatic heterocycles. The van der Waals surface area contributed by atoms with Gasteiger partial charge in [0.15, 0.2) is 0 Å². The van der Waals surface area contributed by atoms with E-state index in [1.165, 1.54) is 11.3 Å². The van der Waals surface area contributed by atoms with Crippen LogP contribution in [0.5, 0.6) is 0 Å². The Bertz CT molecular complexity index is 660. The van der Waals surface area contributed by atoms with Crippen molar-refractivity contribution in [1.29, 1.82) is 0 Å². The van der Waals surface area contributed by atoms with Crippen LogP contribution in [0, 0.1) is 12.8 Å². The highest BCUT2D eigenvalue weighted by Gasteiger charge is 2.25. The lowest BCUT2D eigenvalue weighted by Crippen LogP contribution is -2.32. The third-order valence-corrected chi connectivity index (χ3v) is 4.83. The van der Waals surface area contributed by atoms with E-state index < -0.39 is 0 Å². The van der Waals surface area contributed by atoms with Gasteiger partial charge in [0.05, 0.1) is 18.3 Å². The second-order valence-electron chi connectivity index (χ2n) is 6.69. The number of benzene rings is 1. The molecule has 3 rings (SSSR count). The van der Waals surface area contributed by atoms with E-state index in [0.29, 0.717) is 12.3 Å². The molecular formula is C19H26N4O. The average Bonchev–Trinajstić information content (AvgIpc) is 3.17. The summed E-state index contributed by atoms with van der Waals surface area (Å²) in [5.74, 6) is 0.782. The van der Waals surface area contributed by atoms with Crippen LogP contribution < -0.4 is 5.32 Å². The number of carbonyl (C=O) groups excluding carboxylic acids is 1. The maximum absolute atomic E-state index is 12.4. The van der Waals surface area contributed by atoms with E-state index in [0.717, 1.165) is 38.2 Å². The van der Waals surface area contributed by atoms with Gasteiger partial charge in [-0.15, -0.1) is 0 Å². The van der Waals surface area contributed by atoms with Crippen molar-refractivity contribution in [3.8, 4) is 0 Å². The highest BCUT2D eigenvalue weighted by molar-refractivity contribution is 5.79. The van der Waals surface area contributed by atoms with Gasteiger partial charge in [0.2, 0.25) is 5.91 Å². The lowest BCUT2D eigenvalue weighted by Gasteiger charge is -2.17. The zero-order valence-corrected chi connectivity index (χ0v) is 14.5. The molecule has 0 radical (unpaired) electrons. The van der Waals surface area contributed by atoms with Gasteiger partial charge < -0.3 is 10.2 Å². The number of aryl methyl sites for hydroxylation is 2. The molecule has 24 heavy (non-hydrogen) atoms. The van der Waals surface area contributed by atoms with Crippen molar-refractivity contribution < 1.29 is 4.79 Å². The molecule has 0 bridgehead atoms. The van der Waals surface area contributed by atoms with Gasteiger partial charge in [-0.25, -0.2) is 0 Å². The van der Waals surface area contributed by atoms with Gasteiger partial charge in [-0.1, -0.05) is 30.3 Å². The van der Waals surface area contributed by atoms with Gasteiger partial charge in [0.1, 0.15) is 0 Å². The Labute approximate surface area is 143 Å². The molecule has 2 heterocycles. The molecule has 0 spiro atoms. The summed E-state index contributed by atoms with van der Waals surface area (Å²) in [7, 11) is 1.98. The molecule has 1 amide bonds. The van der Waals surface area contributed by atoms with Crippen LogP contribution in [0.3, 0.4) is 0 Å². The number of aromatic nitrogens is 2. The van der Waals surface area contributed by atoms with Crippen molar-refractivity contribution in [3.05, 3.63) is 53.3 Å². The number of hydrogen-bond donors (Lipinski definition) is 1. The molecule has 1 fully saturated rings. The Kier molecular flexibility index (Phi) is 5.30. The number of amides is 1. The fourth-order valence-corrected chi connectivity index (χ4v) is 3.33. The smallest absolute Gasteiger partial charge is 0.226 e. The summed E-state index contributed by atoms with van der Waals surface area (Å²) in [4.78, 5) is 14.4. The van der Waals surface area contributed by atoms with Gasteiger partial charge in [-0.05, 0) is 30.4 Å². The van der Waals surface area contributed by atoms with Crippen LogP contribution in [0.2, 0.25) is 0 Å². The van der Waals surface area contributed by atoms with Crippen LogP contribution in [-0.4, -0.2) is 40.2 Å². The Morgan fingerprint density at radius 2 is 2.12 bits per heavy atom. The van der Waals surface area contributed by atoms with Crippen molar-refractivity contribution in [3.63, 3.8) is 0 Å². The first kappa shape index (κ1) is 16.7. The number of hydrogen-bond acceptors (Lipinski definition) is 3. The standard InChI is InChI=1S/C19H26N4O/c1-15-11-21-22(2)18(15)13-20-12-17-8-9-23(14-17)19(24)10-16-6-4-3-5-7-16/h3-7,11,17,20H,8-10,12-14H2,1-2H3. The average molecular weight is 326 g/mol. The largest absolute Gasteiger partial charge is 0.342 e. The Morgan fingerprint density at radius 1 is 1.33 bits per heavy atom. The van der Waals surface area contributed by atoms with Crippen molar-refractivity contribution in [2.75, 3.05) is 19.6 Å². The van der Waals surface area contributed by atoms with Crippen LogP contribution in [0.4, 0.5) is 0 Å². The van der Waals surface area contributed by atoms with Gasteiger partial charge in [-0.2, -0.15) is 5.10 Å². The highest BCUT2D eigenvalue weighted by Crippen LogP contribution is 2.17. The zero-order valence-electron chi connectivity index (χ0n) is 14.5. The molecule has 1 atom stereocenters. The normalized spacial score (nSPS) is 17.4. The van der Waals surface area contributed by atoms with Crippen molar-refractivity contribution in [1.82, 2.24) is 20.0 Å². The van der Waals surface area contributed by atoms with E-state index in [2.05, 4.69) is 17.3 Å². The van der Waals surface area contributed by atoms with Gasteiger partial charge in [0, 0.05) is 33.2 Å². The van der Waals surface area contributed by atoms with Gasteiger partial charge in [-0.3, -0.25) is 9.48 Å². The lowest BCUT2D eigenvalue weighted by molar-refractivity contribution is -0.129. The molecule has 5 heteroatoms. The molecule has 128 valence electrons. The fraction of sp³-hybridized carbons (Fsp3) is 0.474. The summed E-state index contributed by atoms with van der Waals surface area (Å²) in [6, 6.07) is 9.99. The van der Waals surface area contributed by atoms with E-state index in [9.17, 15) is 4.79 Å². The second kappa shape index (κ2) is 7.62. The molecule has 5 nitrogen and oxygen atoms in total. The number of nitrogens with zero attached hydrogens (tertiary/aromatic N) is 3. The minimum atomic E-state index is 0.242. The minimum Gasteiger partial charge on any atom is -0.342 e. The van der Waals surface area contributed by atoms with Crippen molar-refractivity contribution in [2.24, 2.45) is 13.0 Å². The molecule has 2 aromatic rings. The number of nitrogens with one attached hydrogen (secondary N) is 1. The predicted molar refractivity (Wildman–Crippen MR) is 94.5 cm³/mol. The Balaban J connectivity index is 1.43. The topological polar surface area (TPSA) is 50.2 Å². The van der Waals surface area contributed by atoms with E-state index in [4.69, 9.17) is 0 Å². The Hall–Kier alpha value is -2.14. The first-order valence-electron chi connectivity index (χ1n) is 8.63. The second-order valence-corrected chi connectivity index (χ2v) is 6.69. The molecule has 1 unspecified atom stereocenters. The fourth-order valence-electron chi connectivity index (χ4n) is 3.33. The van der Waals surface area contributed by atoms with Crippen LogP contribution in [0.15, 0.2) is 36.5 Å². The van der Waals surface area contributed by atoms with Crippen LogP contribution in [0.1, 0.15) is 23.2 Å². The monoisotopic (exact) mass is 326 g/mol. The lowest BCUT2D eigenvalue weighted by atomic mass is 10.1. The van der Waals surface area contributed by atoms with Gasteiger partial charge >= 0.3 is 0 Å². The van der Waals surface area contributed by atoms with Crippen molar-refractivity contribution in [2.45, 2.75) is 26.3 Å². The maximum Gasteiger partial charge on any atom is 0.226 e. The van der Waals surface area contributed by atoms with Crippen molar-refractivity contribution >= 4 is 5.91 Å². The van der Waals surface area contributed by atoms with Crippen LogP contribution in [-0.2, 0) is 24.8 Å². The highest BCUT2D eigenvalue weighted by atomic mass is 16.2. The molecule has 0 saturated carbocycles. The summed E-state index contributed by atoms with van der Waals surface area (Å²) in [6.07, 6.45) is 3.49. The van der Waals surface area contributed by atoms with Gasteiger partial charge in [0.25, 0.3) is 0 Å². The first-order valence-corrected chi connectivity index (χ1v) is 8.63. The first-order chi connectivity index (χ1) is 11.6. The summed E-state index contributed by atoms with van der Waals surface area (Å²) in [6.45, 7) is 5.60. The van der Waals surface area contributed by atoms with E-state index in [-0.39, 0.29) is 5.91 Å². The Morgan fingerprint density at radius 3 is 2.83 bits per heavy atom. The predicted octanol–water partition coefficient (Wildman–Crippen LogP) is 1.91. The molecule has 1 aliphatic heterocycles. The summed E-state index contributed by atoms with van der Waals surface area (Å²) >= 11 is 0. The third kappa shape index (κ3) is 4.03. The quantitative estimate of drug-likeness (QED) is 0.882. The molecule has 0 aliphatic carbocycles. The SMILES string of the molecule is Cc1cnn(C)c1CNCC1CCN(C(=O)Cc2ccccc2)C1. The summed E-state index contributed by atoms with van der Waals surface area (Å²) < 4.78 is 1.92. The summed E-state index contributed by atoms with van der Waals surface area (Å²) in [5, 5.41) is 7.79. The molecule has 1 aromatic carbocycles. The number of carbonyl (C=O) groups is 1. The maximum atomic E-state index is 12.4. The molecular weight excluding hydrogens is 300 g/mol. The third-order valence-electron chi connectivity index (χ3n) is 4.83. The minimum absolute atomic E-state index is 0.242. The number of rotatable bonds is 6. The number of likely N-dealkylation sites (tertiary alicyclic amines) is 1. The molecule has 1 aliphatic rings. The van der Waals surface area contributed by atoms with Crippen LogP contribution >= 0.6 is 0 Å². The molecule has 1 N–H and O–H groups in total. The van der Waals surface area contributed by atoms with E-state index >= 15 is 0 Å². The van der Waals surface area contributed by atoms with Crippen LogP contribution in [0.25, 0.3) is 0 Å². The summed E-state index contributed by atoms with van der Waals surface area (Å²) in [5.41, 5.74) is 3.54. The molecule has 1 saturated heterocycles.